The Labute approximate surface area is 227 Å². The molecule has 0 saturated carbocycles. The Bertz CT molecular complexity index is 1400. The molecule has 0 spiro atoms. The number of hydrogen-bond donors (Lipinski definition) is 2. The molecule has 0 aliphatic carbocycles. The monoisotopic (exact) mass is 557 g/mol. The van der Waals surface area contributed by atoms with Crippen LogP contribution in [0.1, 0.15) is 24.1 Å². The lowest BCUT2D eigenvalue weighted by atomic mass is 10.2. The van der Waals surface area contributed by atoms with Gasteiger partial charge in [0.1, 0.15) is 11.5 Å². The van der Waals surface area contributed by atoms with Crippen molar-refractivity contribution in [3.05, 3.63) is 93.9 Å². The zero-order valence-corrected chi connectivity index (χ0v) is 22.2. The van der Waals surface area contributed by atoms with Gasteiger partial charge < -0.3 is 4.42 Å². The van der Waals surface area contributed by atoms with Crippen LogP contribution in [0, 0.1) is 0 Å². The van der Waals surface area contributed by atoms with Crippen LogP contribution in [0.15, 0.2) is 76.3 Å². The molecule has 11 heteroatoms. The second kappa shape index (κ2) is 12.2. The average Bonchev–Trinajstić information content (AvgIpc) is 3.49. The van der Waals surface area contributed by atoms with Gasteiger partial charge in [-0.25, -0.2) is 4.68 Å². The molecule has 0 radical (unpaired) electrons. The van der Waals surface area contributed by atoms with Gasteiger partial charge in [-0.2, -0.15) is 0 Å². The van der Waals surface area contributed by atoms with E-state index in [9.17, 15) is 4.79 Å². The molecule has 0 unspecified atom stereocenters. The largest absolute Gasteiger partial charge is 0.457 e. The number of thiocarbonyl (C=S) groups is 1. The number of benzene rings is 2. The van der Waals surface area contributed by atoms with Crippen LogP contribution in [-0.4, -0.2) is 25.9 Å². The molecule has 184 valence electrons. The maximum Gasteiger partial charge on any atom is 0.250 e. The number of nitrogens with one attached hydrogen (secondary N) is 2. The van der Waals surface area contributed by atoms with Crippen molar-refractivity contribution in [2.75, 3.05) is 5.43 Å². The van der Waals surface area contributed by atoms with Crippen LogP contribution in [0.25, 0.3) is 17.4 Å². The van der Waals surface area contributed by atoms with Crippen LogP contribution in [-0.2, 0) is 17.0 Å². The number of hydrogen-bond acceptors (Lipinski definition) is 6. The maximum atomic E-state index is 12.4. The molecule has 0 aliphatic heterocycles. The van der Waals surface area contributed by atoms with Gasteiger partial charge in [0, 0.05) is 28.8 Å². The van der Waals surface area contributed by atoms with Crippen LogP contribution in [0.3, 0.4) is 0 Å². The summed E-state index contributed by atoms with van der Waals surface area (Å²) >= 11 is 19.0. The fourth-order valence-electron chi connectivity index (χ4n) is 3.17. The van der Waals surface area contributed by atoms with Gasteiger partial charge in [0.25, 0.3) is 0 Å². The smallest absolute Gasteiger partial charge is 0.250 e. The first kappa shape index (κ1) is 26.0. The number of furan rings is 1. The van der Waals surface area contributed by atoms with Gasteiger partial charge >= 0.3 is 0 Å². The van der Waals surface area contributed by atoms with Gasteiger partial charge in [-0.15, -0.1) is 10.2 Å². The van der Waals surface area contributed by atoms with Gasteiger partial charge in [0.15, 0.2) is 10.9 Å². The van der Waals surface area contributed by atoms with Crippen molar-refractivity contribution in [2.45, 2.75) is 24.3 Å². The molecule has 2 aromatic heterocycles. The molecule has 0 atom stereocenters. The third kappa shape index (κ3) is 6.76. The Morgan fingerprint density at radius 3 is 2.69 bits per heavy atom. The standard InChI is InChI=1S/C25H21Cl2N5O2S2/c1-2-22-29-30-25(36-15-16-6-4-3-5-7-16)32(22)31-24(35)28-23(33)13-10-18-9-12-21(34-18)19-11-8-17(26)14-20(19)27/h3-14H,2,15H2,1H3,(H2,28,31,33,35)/b13-10+. The average molecular weight is 559 g/mol. The number of aryl methyl sites for hydroxylation is 1. The van der Waals surface area contributed by atoms with E-state index in [4.69, 9.17) is 39.8 Å². The molecule has 1 amide bonds. The van der Waals surface area contributed by atoms with E-state index in [1.165, 1.54) is 17.8 Å². The van der Waals surface area contributed by atoms with E-state index in [1.807, 2.05) is 37.3 Å². The Morgan fingerprint density at radius 1 is 1.14 bits per heavy atom. The summed E-state index contributed by atoms with van der Waals surface area (Å²) < 4.78 is 7.46. The summed E-state index contributed by atoms with van der Waals surface area (Å²) in [6, 6.07) is 18.7. The van der Waals surface area contributed by atoms with Gasteiger partial charge in [-0.3, -0.25) is 15.5 Å². The van der Waals surface area contributed by atoms with E-state index in [-0.39, 0.29) is 5.11 Å². The fraction of sp³-hybridized carbons (Fsp3) is 0.120. The van der Waals surface area contributed by atoms with Crippen molar-refractivity contribution in [3.8, 4) is 11.3 Å². The summed E-state index contributed by atoms with van der Waals surface area (Å²) in [4.78, 5) is 12.4. The molecule has 0 aliphatic rings. The van der Waals surface area contributed by atoms with Gasteiger partial charge in [-0.05, 0) is 54.2 Å². The van der Waals surface area contributed by atoms with E-state index in [0.717, 1.165) is 11.3 Å². The number of rotatable bonds is 8. The number of nitrogens with zero attached hydrogens (tertiary/aromatic N) is 3. The number of halogens is 2. The minimum Gasteiger partial charge on any atom is -0.457 e. The van der Waals surface area contributed by atoms with Crippen LogP contribution in [0.4, 0.5) is 0 Å². The van der Waals surface area contributed by atoms with E-state index >= 15 is 0 Å². The predicted molar refractivity (Wildman–Crippen MR) is 149 cm³/mol. The summed E-state index contributed by atoms with van der Waals surface area (Å²) in [6.45, 7) is 1.97. The topological polar surface area (TPSA) is 85.0 Å². The highest BCUT2D eigenvalue weighted by Gasteiger charge is 2.14. The van der Waals surface area contributed by atoms with Crippen molar-refractivity contribution in [1.82, 2.24) is 20.2 Å². The lowest BCUT2D eigenvalue weighted by Crippen LogP contribution is -2.38. The Balaban J connectivity index is 1.36. The molecule has 4 aromatic rings. The lowest BCUT2D eigenvalue weighted by molar-refractivity contribution is -0.115. The Morgan fingerprint density at radius 2 is 1.94 bits per heavy atom. The van der Waals surface area contributed by atoms with Crippen LogP contribution >= 0.6 is 47.2 Å². The first-order chi connectivity index (χ1) is 17.4. The van der Waals surface area contributed by atoms with Crippen molar-refractivity contribution in [1.29, 1.82) is 0 Å². The van der Waals surface area contributed by atoms with E-state index in [0.29, 0.717) is 44.5 Å². The molecule has 0 bridgehead atoms. The summed E-state index contributed by atoms with van der Waals surface area (Å²) in [5, 5.41) is 12.9. The highest BCUT2D eigenvalue weighted by Crippen LogP contribution is 2.31. The second-order valence-electron chi connectivity index (χ2n) is 7.45. The number of carbonyl (C=O) groups is 1. The summed E-state index contributed by atoms with van der Waals surface area (Å²) in [5.41, 5.74) is 4.87. The summed E-state index contributed by atoms with van der Waals surface area (Å²) in [5.74, 6) is 2.05. The van der Waals surface area contributed by atoms with Gasteiger partial charge in [0.2, 0.25) is 11.1 Å². The first-order valence-electron chi connectivity index (χ1n) is 10.9. The van der Waals surface area contributed by atoms with E-state index < -0.39 is 5.91 Å². The second-order valence-corrected chi connectivity index (χ2v) is 9.65. The molecular weight excluding hydrogens is 537 g/mol. The molecule has 0 saturated heterocycles. The van der Waals surface area contributed by atoms with Gasteiger partial charge in [0.05, 0.1) is 5.02 Å². The van der Waals surface area contributed by atoms with E-state index in [1.54, 1.807) is 41.1 Å². The van der Waals surface area contributed by atoms with Crippen molar-refractivity contribution in [2.24, 2.45) is 0 Å². The molecule has 2 N–H and O–H groups in total. The minimum absolute atomic E-state index is 0.119. The molecule has 0 fully saturated rings. The van der Waals surface area contributed by atoms with Crippen LogP contribution in [0.5, 0.6) is 0 Å². The Kier molecular flexibility index (Phi) is 8.82. The molecule has 7 nitrogen and oxygen atoms in total. The first-order valence-corrected chi connectivity index (χ1v) is 13.0. The Hall–Kier alpha value is -3.11. The third-order valence-electron chi connectivity index (χ3n) is 4.90. The summed E-state index contributed by atoms with van der Waals surface area (Å²) in [7, 11) is 0. The van der Waals surface area contributed by atoms with Crippen molar-refractivity contribution >= 4 is 64.3 Å². The van der Waals surface area contributed by atoms with Crippen LogP contribution < -0.4 is 10.7 Å². The van der Waals surface area contributed by atoms with E-state index in [2.05, 4.69) is 20.9 Å². The zero-order chi connectivity index (χ0) is 25.5. The third-order valence-corrected chi connectivity index (χ3v) is 6.64. The van der Waals surface area contributed by atoms with Crippen LogP contribution in [0.2, 0.25) is 10.0 Å². The zero-order valence-electron chi connectivity index (χ0n) is 19.1. The van der Waals surface area contributed by atoms with Crippen molar-refractivity contribution in [3.63, 3.8) is 0 Å². The molecular formula is C25H21Cl2N5O2S2. The normalized spacial score (nSPS) is 11.1. The number of carbonyl (C=O) groups excluding carboxylic acids is 1. The highest BCUT2D eigenvalue weighted by molar-refractivity contribution is 7.98. The number of thioether (sulfide) groups is 1. The molecule has 36 heavy (non-hydrogen) atoms. The van der Waals surface area contributed by atoms with Crippen molar-refractivity contribution < 1.29 is 9.21 Å². The molecule has 2 aromatic carbocycles. The lowest BCUT2D eigenvalue weighted by Gasteiger charge is -2.13. The van der Waals surface area contributed by atoms with Gasteiger partial charge in [-0.1, -0.05) is 72.2 Å². The number of amides is 1. The highest BCUT2D eigenvalue weighted by atomic mass is 35.5. The SMILES string of the molecule is CCc1nnc(SCc2ccccc2)n1NC(=S)NC(=O)/C=C/c1ccc(-c2ccc(Cl)cc2Cl)o1. The quantitative estimate of drug-likeness (QED) is 0.148. The summed E-state index contributed by atoms with van der Waals surface area (Å²) in [6.07, 6.45) is 3.52. The minimum atomic E-state index is -0.417. The molecule has 4 rings (SSSR count). The predicted octanol–water partition coefficient (Wildman–Crippen LogP) is 6.36. The molecule has 2 heterocycles. The number of aromatic nitrogens is 3. The maximum absolute atomic E-state index is 12.4. The fourth-order valence-corrected chi connectivity index (χ4v) is 4.73.